The molecule has 2 rings (SSSR count). The molecule has 0 bridgehead atoms. The SMILES string of the molecule is [Na+].[O-]B(OCc1c(O)cc(O)cc1O)OCc1c(O)cc(O)cc1O. The fourth-order valence-electron chi connectivity index (χ4n) is 1.90. The van der Waals surface area contributed by atoms with Crippen molar-refractivity contribution < 1.29 is 74.5 Å². The van der Waals surface area contributed by atoms with Gasteiger partial charge >= 0.3 is 36.9 Å². The predicted molar refractivity (Wildman–Crippen MR) is 78.2 cm³/mol. The normalized spacial score (nSPS) is 10.3. The summed E-state index contributed by atoms with van der Waals surface area (Å²) in [5.74, 6) is -2.58. The second-order valence-corrected chi connectivity index (χ2v) is 4.84. The summed E-state index contributed by atoms with van der Waals surface area (Å²) in [4.78, 5) is 0. The predicted octanol–water partition coefficient (Wildman–Crippen LogP) is -3.00. The first-order chi connectivity index (χ1) is 11.3. The zero-order valence-electron chi connectivity index (χ0n) is 13.2. The topological polar surface area (TPSA) is 163 Å². The average Bonchev–Trinajstić information content (AvgIpc) is 2.44. The van der Waals surface area contributed by atoms with Gasteiger partial charge in [0.2, 0.25) is 0 Å². The Hall–Kier alpha value is -1.82. The van der Waals surface area contributed by atoms with Crippen LogP contribution in [-0.2, 0) is 22.5 Å². The van der Waals surface area contributed by atoms with Gasteiger partial charge in [0.25, 0.3) is 0 Å². The minimum atomic E-state index is -2.05. The van der Waals surface area contributed by atoms with E-state index in [-0.39, 0.29) is 52.2 Å². The second-order valence-electron chi connectivity index (χ2n) is 4.84. The molecule has 9 nitrogen and oxygen atoms in total. The van der Waals surface area contributed by atoms with Crippen molar-refractivity contribution in [3.63, 3.8) is 0 Å². The Morgan fingerprint density at radius 2 is 0.960 bits per heavy atom. The molecule has 25 heavy (non-hydrogen) atoms. The largest absolute Gasteiger partial charge is 1.00 e. The first-order valence-electron chi connectivity index (χ1n) is 6.64. The molecule has 0 aliphatic heterocycles. The van der Waals surface area contributed by atoms with E-state index in [0.717, 1.165) is 24.3 Å². The summed E-state index contributed by atoms with van der Waals surface area (Å²) < 4.78 is 9.53. The smallest absolute Gasteiger partial charge is 0.832 e. The summed E-state index contributed by atoms with van der Waals surface area (Å²) in [5, 5.41) is 68.1. The van der Waals surface area contributed by atoms with Gasteiger partial charge in [0, 0.05) is 24.3 Å². The molecule has 11 heteroatoms. The van der Waals surface area contributed by atoms with Crippen LogP contribution in [0.2, 0.25) is 0 Å². The minimum Gasteiger partial charge on any atom is -0.832 e. The van der Waals surface area contributed by atoms with Gasteiger partial charge < -0.3 is 45.0 Å². The number of phenolic OH excluding ortho intramolecular Hbond substituents is 6. The van der Waals surface area contributed by atoms with Crippen LogP contribution < -0.4 is 34.6 Å². The molecule has 6 N–H and O–H groups in total. The number of rotatable bonds is 6. The maximum atomic E-state index is 11.6. The first kappa shape index (κ1) is 21.2. The van der Waals surface area contributed by atoms with Gasteiger partial charge in [0.05, 0.1) is 24.3 Å². The van der Waals surface area contributed by atoms with Crippen molar-refractivity contribution >= 4 is 7.32 Å². The van der Waals surface area contributed by atoms with Gasteiger partial charge in [-0.25, -0.2) is 0 Å². The molecule has 0 fully saturated rings. The van der Waals surface area contributed by atoms with Crippen molar-refractivity contribution in [1.29, 1.82) is 0 Å². The molecular weight excluding hydrogens is 346 g/mol. The Bertz CT molecular complexity index is 633. The number of hydrogen-bond donors (Lipinski definition) is 6. The van der Waals surface area contributed by atoms with Crippen LogP contribution >= 0.6 is 0 Å². The van der Waals surface area contributed by atoms with Crippen LogP contribution in [0.1, 0.15) is 11.1 Å². The first-order valence-corrected chi connectivity index (χ1v) is 6.64. The molecular formula is C14H14BNaO9. The molecule has 128 valence electrons. The monoisotopic (exact) mass is 360 g/mol. The Labute approximate surface area is 164 Å². The molecule has 0 atom stereocenters. The van der Waals surface area contributed by atoms with Gasteiger partial charge in [-0.3, -0.25) is 0 Å². The zero-order chi connectivity index (χ0) is 17.9. The Morgan fingerprint density at radius 3 is 1.24 bits per heavy atom. The van der Waals surface area contributed by atoms with Gasteiger partial charge in [-0.05, 0) is 0 Å². The molecule has 0 amide bonds. The molecule has 2 aromatic rings. The van der Waals surface area contributed by atoms with Crippen LogP contribution in [0.3, 0.4) is 0 Å². The summed E-state index contributed by atoms with van der Waals surface area (Å²) in [7, 11) is -2.05. The summed E-state index contributed by atoms with van der Waals surface area (Å²) in [6, 6.07) is 3.86. The van der Waals surface area contributed by atoms with Crippen molar-refractivity contribution in [1.82, 2.24) is 0 Å². The summed E-state index contributed by atoms with van der Waals surface area (Å²) in [6.07, 6.45) is 0. The van der Waals surface area contributed by atoms with Crippen molar-refractivity contribution in [2.75, 3.05) is 0 Å². The molecule has 0 saturated heterocycles. The number of hydrogen-bond acceptors (Lipinski definition) is 9. The molecule has 2 aromatic carbocycles. The Morgan fingerprint density at radius 1 is 0.680 bits per heavy atom. The van der Waals surface area contributed by atoms with Crippen LogP contribution in [-0.4, -0.2) is 38.0 Å². The Balaban J connectivity index is 0.00000312. The van der Waals surface area contributed by atoms with E-state index >= 15 is 0 Å². The van der Waals surface area contributed by atoms with Crippen LogP contribution in [0.25, 0.3) is 0 Å². The molecule has 0 unspecified atom stereocenters. The summed E-state index contributed by atoms with van der Waals surface area (Å²) >= 11 is 0. The third-order valence-electron chi connectivity index (χ3n) is 3.10. The van der Waals surface area contributed by atoms with Crippen molar-refractivity contribution in [2.24, 2.45) is 0 Å². The quantitative estimate of drug-likeness (QED) is 0.295. The fourth-order valence-corrected chi connectivity index (χ4v) is 1.90. The summed E-state index contributed by atoms with van der Waals surface area (Å²) in [6.45, 7) is -1.00. The van der Waals surface area contributed by atoms with E-state index in [4.69, 9.17) is 19.5 Å². The van der Waals surface area contributed by atoms with E-state index in [9.17, 15) is 25.5 Å². The maximum absolute atomic E-state index is 11.6. The zero-order valence-corrected chi connectivity index (χ0v) is 15.2. The molecule has 0 saturated carbocycles. The van der Waals surface area contributed by atoms with Gasteiger partial charge in [-0.1, -0.05) is 0 Å². The second kappa shape index (κ2) is 9.04. The third kappa shape index (κ3) is 5.60. The number of aromatic hydroxyl groups is 6. The molecule has 0 aromatic heterocycles. The minimum absolute atomic E-state index is 0. The maximum Gasteiger partial charge on any atom is 1.00 e. The van der Waals surface area contributed by atoms with E-state index in [1.54, 1.807) is 0 Å². The fraction of sp³-hybridized carbons (Fsp3) is 0.143. The van der Waals surface area contributed by atoms with Crippen molar-refractivity contribution in [3.05, 3.63) is 35.4 Å². The van der Waals surface area contributed by atoms with E-state index in [1.165, 1.54) is 0 Å². The third-order valence-corrected chi connectivity index (χ3v) is 3.10. The van der Waals surface area contributed by atoms with Gasteiger partial charge in [0.15, 0.2) is 0 Å². The molecule has 0 spiro atoms. The van der Waals surface area contributed by atoms with Crippen LogP contribution in [0.4, 0.5) is 0 Å². The summed E-state index contributed by atoms with van der Waals surface area (Å²) in [5.41, 5.74) is -0.236. The van der Waals surface area contributed by atoms with Crippen LogP contribution in [0.15, 0.2) is 24.3 Å². The number of benzene rings is 2. The molecule has 0 heterocycles. The molecule has 0 aliphatic rings. The molecule has 0 radical (unpaired) electrons. The van der Waals surface area contributed by atoms with Gasteiger partial charge in [-0.2, -0.15) is 0 Å². The molecule has 0 aliphatic carbocycles. The van der Waals surface area contributed by atoms with E-state index < -0.39 is 43.5 Å². The van der Waals surface area contributed by atoms with Crippen LogP contribution in [0, 0.1) is 0 Å². The van der Waals surface area contributed by atoms with Gasteiger partial charge in [-0.15, -0.1) is 0 Å². The Kier molecular flexibility index (Phi) is 7.68. The van der Waals surface area contributed by atoms with E-state index in [0.29, 0.717) is 0 Å². The van der Waals surface area contributed by atoms with Crippen LogP contribution in [0.5, 0.6) is 34.5 Å². The standard InChI is InChI=1S/C14H14BO9.Na/c16-7-1-11(18)9(12(19)2-7)5-23-15(22)24-6-10-13(20)3-8(17)4-14(10)21;/h1-4,16-21H,5-6H2;/q-1;+1. The van der Waals surface area contributed by atoms with Crippen molar-refractivity contribution in [2.45, 2.75) is 13.2 Å². The van der Waals surface area contributed by atoms with Gasteiger partial charge in [0.1, 0.15) is 34.5 Å². The average molecular weight is 360 g/mol. The van der Waals surface area contributed by atoms with Crippen molar-refractivity contribution in [3.8, 4) is 34.5 Å². The van der Waals surface area contributed by atoms with E-state index in [1.807, 2.05) is 0 Å². The number of phenols is 6. The van der Waals surface area contributed by atoms with E-state index in [2.05, 4.69) is 0 Å².